The monoisotopic (exact) mass is 329 g/mol. The summed E-state index contributed by atoms with van der Waals surface area (Å²) >= 11 is 0. The average Bonchev–Trinajstić information content (AvgIpc) is 2.93. The SMILES string of the molecule is COc1cccc(CNc2nc3c(=O)n(C)c(=O)n(C)c3n2C)c1. The first-order valence-corrected chi connectivity index (χ1v) is 7.43. The molecule has 1 N–H and O–H groups in total. The predicted octanol–water partition coefficient (Wildman–Crippen LogP) is 0.591. The van der Waals surface area contributed by atoms with E-state index in [4.69, 9.17) is 4.74 Å². The molecule has 3 aromatic rings. The van der Waals surface area contributed by atoms with E-state index in [1.165, 1.54) is 11.6 Å². The number of anilines is 1. The van der Waals surface area contributed by atoms with Crippen molar-refractivity contribution in [3.05, 3.63) is 50.7 Å². The Morgan fingerprint density at radius 2 is 1.88 bits per heavy atom. The number of rotatable bonds is 4. The van der Waals surface area contributed by atoms with Crippen molar-refractivity contribution in [3.63, 3.8) is 0 Å². The number of aromatic nitrogens is 4. The average molecular weight is 329 g/mol. The summed E-state index contributed by atoms with van der Waals surface area (Å²) in [7, 11) is 6.45. The van der Waals surface area contributed by atoms with Crippen LogP contribution in [0.3, 0.4) is 0 Å². The Morgan fingerprint density at radius 1 is 1.12 bits per heavy atom. The fourth-order valence-electron chi connectivity index (χ4n) is 2.70. The van der Waals surface area contributed by atoms with Crippen LogP contribution < -0.4 is 21.3 Å². The third-order valence-corrected chi connectivity index (χ3v) is 4.05. The summed E-state index contributed by atoms with van der Waals surface area (Å²) in [5.74, 6) is 1.29. The maximum Gasteiger partial charge on any atom is 0.332 e. The largest absolute Gasteiger partial charge is 0.497 e. The van der Waals surface area contributed by atoms with E-state index in [2.05, 4.69) is 10.3 Å². The Hall–Kier alpha value is -3.03. The van der Waals surface area contributed by atoms with Gasteiger partial charge in [-0.2, -0.15) is 0 Å². The molecule has 8 nitrogen and oxygen atoms in total. The van der Waals surface area contributed by atoms with E-state index in [0.717, 1.165) is 15.9 Å². The van der Waals surface area contributed by atoms with Gasteiger partial charge in [0.1, 0.15) is 5.75 Å². The second-order valence-corrected chi connectivity index (χ2v) is 5.58. The predicted molar refractivity (Wildman–Crippen MR) is 91.5 cm³/mol. The molecule has 0 radical (unpaired) electrons. The molecule has 126 valence electrons. The molecule has 0 atom stereocenters. The molecule has 0 aliphatic rings. The maximum atomic E-state index is 12.3. The van der Waals surface area contributed by atoms with Gasteiger partial charge < -0.3 is 10.1 Å². The fourth-order valence-corrected chi connectivity index (χ4v) is 2.70. The third kappa shape index (κ3) is 2.45. The van der Waals surface area contributed by atoms with Crippen LogP contribution in [0.4, 0.5) is 5.95 Å². The van der Waals surface area contributed by atoms with Crippen LogP contribution in [0.25, 0.3) is 11.2 Å². The van der Waals surface area contributed by atoms with Crippen LogP contribution >= 0.6 is 0 Å². The van der Waals surface area contributed by atoms with Gasteiger partial charge in [-0.05, 0) is 17.7 Å². The summed E-state index contributed by atoms with van der Waals surface area (Å²) in [5, 5.41) is 3.20. The molecule has 0 saturated carbocycles. The van der Waals surface area contributed by atoms with Crippen LogP contribution in [0, 0.1) is 0 Å². The van der Waals surface area contributed by atoms with Crippen LogP contribution in [-0.4, -0.2) is 25.8 Å². The van der Waals surface area contributed by atoms with Crippen LogP contribution in [-0.2, 0) is 27.7 Å². The zero-order valence-corrected chi connectivity index (χ0v) is 14.0. The number of aryl methyl sites for hydroxylation is 2. The highest BCUT2D eigenvalue weighted by Gasteiger charge is 2.16. The number of nitrogens with one attached hydrogen (secondary N) is 1. The van der Waals surface area contributed by atoms with Crippen molar-refractivity contribution in [2.75, 3.05) is 12.4 Å². The first-order valence-electron chi connectivity index (χ1n) is 7.43. The number of fused-ring (bicyclic) bond motifs is 1. The fraction of sp³-hybridized carbons (Fsp3) is 0.312. The van der Waals surface area contributed by atoms with E-state index >= 15 is 0 Å². The lowest BCUT2D eigenvalue weighted by atomic mass is 10.2. The molecule has 0 saturated heterocycles. The van der Waals surface area contributed by atoms with Gasteiger partial charge in [-0.1, -0.05) is 12.1 Å². The topological polar surface area (TPSA) is 83.1 Å². The van der Waals surface area contributed by atoms with E-state index in [9.17, 15) is 9.59 Å². The van der Waals surface area contributed by atoms with Gasteiger partial charge in [0.25, 0.3) is 5.56 Å². The van der Waals surface area contributed by atoms with Gasteiger partial charge in [-0.15, -0.1) is 0 Å². The van der Waals surface area contributed by atoms with Gasteiger partial charge in [0.05, 0.1) is 7.11 Å². The minimum absolute atomic E-state index is 0.259. The Labute approximate surface area is 137 Å². The van der Waals surface area contributed by atoms with Gasteiger partial charge >= 0.3 is 5.69 Å². The summed E-state index contributed by atoms with van der Waals surface area (Å²) in [6.07, 6.45) is 0. The Bertz CT molecular complexity index is 1030. The van der Waals surface area contributed by atoms with Crippen molar-refractivity contribution in [1.29, 1.82) is 0 Å². The Morgan fingerprint density at radius 3 is 2.58 bits per heavy atom. The van der Waals surface area contributed by atoms with Gasteiger partial charge in [-0.3, -0.25) is 18.5 Å². The van der Waals surface area contributed by atoms with E-state index in [1.807, 2.05) is 24.3 Å². The minimum atomic E-state index is -0.405. The van der Waals surface area contributed by atoms with E-state index in [0.29, 0.717) is 18.1 Å². The summed E-state index contributed by atoms with van der Waals surface area (Å²) in [6, 6.07) is 7.67. The molecule has 0 aliphatic carbocycles. The molecule has 0 bridgehead atoms. The van der Waals surface area contributed by atoms with Gasteiger partial charge in [0, 0.05) is 27.7 Å². The van der Waals surface area contributed by atoms with Crippen LogP contribution in [0.5, 0.6) is 5.75 Å². The van der Waals surface area contributed by atoms with E-state index in [1.54, 1.807) is 25.8 Å². The van der Waals surface area contributed by atoms with Crippen molar-refractivity contribution in [3.8, 4) is 5.75 Å². The van der Waals surface area contributed by atoms with Crippen molar-refractivity contribution < 1.29 is 4.74 Å². The molecule has 0 unspecified atom stereocenters. The molecular weight excluding hydrogens is 310 g/mol. The molecule has 3 rings (SSSR count). The lowest BCUT2D eigenvalue weighted by Crippen LogP contribution is -2.37. The number of hydrogen-bond donors (Lipinski definition) is 1. The molecule has 2 aromatic heterocycles. The first kappa shape index (κ1) is 15.9. The normalized spacial score (nSPS) is 11.0. The van der Waals surface area contributed by atoms with Crippen LogP contribution in [0.1, 0.15) is 5.56 Å². The highest BCUT2D eigenvalue weighted by molar-refractivity contribution is 5.74. The number of benzene rings is 1. The quantitative estimate of drug-likeness (QED) is 0.757. The number of ether oxygens (including phenoxy) is 1. The lowest BCUT2D eigenvalue weighted by molar-refractivity contribution is 0.414. The number of hydrogen-bond acceptors (Lipinski definition) is 5. The molecule has 2 heterocycles. The third-order valence-electron chi connectivity index (χ3n) is 4.05. The van der Waals surface area contributed by atoms with Gasteiger partial charge in [-0.25, -0.2) is 9.78 Å². The van der Waals surface area contributed by atoms with Crippen molar-refractivity contribution >= 4 is 17.1 Å². The smallest absolute Gasteiger partial charge is 0.332 e. The summed E-state index contributed by atoms with van der Waals surface area (Å²) in [4.78, 5) is 28.7. The Kier molecular flexibility index (Phi) is 3.88. The van der Waals surface area contributed by atoms with Crippen LogP contribution in [0.2, 0.25) is 0 Å². The second kappa shape index (κ2) is 5.88. The number of nitrogens with zero attached hydrogens (tertiary/aromatic N) is 4. The standard InChI is InChI=1S/C16H19N5O3/c1-19-13-12(14(22)21(3)16(23)20(13)2)18-15(19)17-9-10-6-5-7-11(8-10)24-4/h5-8H,9H2,1-4H3,(H,17,18). The molecule has 8 heteroatoms. The maximum absolute atomic E-state index is 12.3. The summed E-state index contributed by atoms with van der Waals surface area (Å²) < 4.78 is 9.39. The molecular formula is C16H19N5O3. The number of imidazole rings is 1. The van der Waals surface area contributed by atoms with Gasteiger partial charge in [0.15, 0.2) is 11.2 Å². The van der Waals surface area contributed by atoms with E-state index < -0.39 is 5.56 Å². The van der Waals surface area contributed by atoms with Crippen molar-refractivity contribution in [1.82, 2.24) is 18.7 Å². The molecule has 0 amide bonds. The molecule has 0 aliphatic heterocycles. The van der Waals surface area contributed by atoms with Gasteiger partial charge in [0.2, 0.25) is 5.95 Å². The highest BCUT2D eigenvalue weighted by Crippen LogP contribution is 2.16. The molecule has 0 fully saturated rings. The summed E-state index contributed by atoms with van der Waals surface area (Å²) in [6.45, 7) is 0.516. The zero-order valence-electron chi connectivity index (χ0n) is 14.0. The zero-order chi connectivity index (χ0) is 17.4. The molecule has 1 aromatic carbocycles. The van der Waals surface area contributed by atoms with Crippen molar-refractivity contribution in [2.45, 2.75) is 6.54 Å². The van der Waals surface area contributed by atoms with Crippen molar-refractivity contribution in [2.24, 2.45) is 21.1 Å². The lowest BCUT2D eigenvalue weighted by Gasteiger charge is -2.08. The second-order valence-electron chi connectivity index (χ2n) is 5.58. The Balaban J connectivity index is 2.00. The molecule has 24 heavy (non-hydrogen) atoms. The first-order chi connectivity index (χ1) is 11.4. The van der Waals surface area contributed by atoms with Crippen LogP contribution in [0.15, 0.2) is 33.9 Å². The highest BCUT2D eigenvalue weighted by atomic mass is 16.5. The minimum Gasteiger partial charge on any atom is -0.497 e. The number of methoxy groups -OCH3 is 1. The summed E-state index contributed by atoms with van der Waals surface area (Å²) in [5.41, 5.74) is 0.975. The van der Waals surface area contributed by atoms with E-state index in [-0.39, 0.29) is 11.2 Å². The molecule has 0 spiro atoms.